The molecule has 3 heterocycles. The number of allylic oxidation sites excluding steroid dienone is 1. The summed E-state index contributed by atoms with van der Waals surface area (Å²) in [5.74, 6) is 1.17. The van der Waals surface area contributed by atoms with E-state index in [0.29, 0.717) is 0 Å². The van der Waals surface area contributed by atoms with Crippen LogP contribution in [0.5, 0.6) is 0 Å². The zero-order chi connectivity index (χ0) is 26.4. The average Bonchev–Trinajstić information content (AvgIpc) is 3.66. The SMILES string of the molecule is Nc1ccc(C2C=Cc3oc4ccccc4c3C2)c(-n2c3ccccc3c3ccc4c5ccccc5sc4c32)c1. The molecule has 0 fully saturated rings. The van der Waals surface area contributed by atoms with Gasteiger partial charge >= 0.3 is 0 Å². The fourth-order valence-corrected chi connectivity index (χ4v) is 7.96. The number of nitrogens with two attached hydrogens (primary N) is 1. The van der Waals surface area contributed by atoms with E-state index < -0.39 is 0 Å². The van der Waals surface area contributed by atoms with Gasteiger partial charge in [-0.15, -0.1) is 11.3 Å². The highest BCUT2D eigenvalue weighted by Gasteiger charge is 2.26. The number of furan rings is 1. The monoisotopic (exact) mass is 532 g/mol. The molecule has 0 bridgehead atoms. The summed E-state index contributed by atoms with van der Waals surface area (Å²) in [5, 5.41) is 6.34. The maximum Gasteiger partial charge on any atom is 0.135 e. The Balaban J connectivity index is 1.35. The lowest BCUT2D eigenvalue weighted by Gasteiger charge is -2.22. The van der Waals surface area contributed by atoms with Crippen molar-refractivity contribution in [1.82, 2.24) is 4.57 Å². The van der Waals surface area contributed by atoms with Crippen LogP contribution < -0.4 is 5.73 Å². The third-order valence-electron chi connectivity index (χ3n) is 8.51. The molecule has 0 amide bonds. The minimum Gasteiger partial charge on any atom is -0.456 e. The first-order valence-corrected chi connectivity index (χ1v) is 14.5. The van der Waals surface area contributed by atoms with Crippen molar-refractivity contribution in [1.29, 1.82) is 0 Å². The first kappa shape index (κ1) is 22.1. The molecule has 190 valence electrons. The van der Waals surface area contributed by atoms with E-state index in [0.717, 1.165) is 29.1 Å². The van der Waals surface area contributed by atoms with Gasteiger partial charge in [-0.1, -0.05) is 78.9 Å². The van der Waals surface area contributed by atoms with Gasteiger partial charge in [0, 0.05) is 48.8 Å². The number of anilines is 1. The van der Waals surface area contributed by atoms with Gasteiger partial charge in [-0.05, 0) is 48.4 Å². The molecule has 0 aliphatic heterocycles. The number of hydrogen-bond donors (Lipinski definition) is 1. The zero-order valence-electron chi connectivity index (χ0n) is 21.6. The number of nitrogens with zero attached hydrogens (tertiary/aromatic N) is 1. The first-order valence-electron chi connectivity index (χ1n) is 13.7. The molecule has 0 saturated carbocycles. The number of fused-ring (bicyclic) bond motifs is 10. The molecule has 1 aliphatic carbocycles. The molecule has 5 aromatic carbocycles. The molecule has 0 radical (unpaired) electrons. The van der Waals surface area contributed by atoms with Gasteiger partial charge in [0.05, 0.1) is 21.4 Å². The second-order valence-electron chi connectivity index (χ2n) is 10.7. The summed E-state index contributed by atoms with van der Waals surface area (Å²) in [6, 6.07) is 36.8. The van der Waals surface area contributed by atoms with Crippen molar-refractivity contribution in [2.75, 3.05) is 5.73 Å². The van der Waals surface area contributed by atoms with Crippen molar-refractivity contribution in [2.24, 2.45) is 0 Å². The predicted octanol–water partition coefficient (Wildman–Crippen LogP) is 9.83. The summed E-state index contributed by atoms with van der Waals surface area (Å²) in [4.78, 5) is 0. The molecule has 0 spiro atoms. The van der Waals surface area contributed by atoms with E-state index in [-0.39, 0.29) is 5.92 Å². The second-order valence-corrected chi connectivity index (χ2v) is 11.8. The lowest BCUT2D eigenvalue weighted by atomic mass is 9.85. The highest BCUT2D eigenvalue weighted by molar-refractivity contribution is 7.26. The fraction of sp³-hybridized carbons (Fsp3) is 0.0556. The van der Waals surface area contributed by atoms with Crippen LogP contribution >= 0.6 is 11.3 Å². The Bertz CT molecular complexity index is 2330. The number of aromatic nitrogens is 1. The van der Waals surface area contributed by atoms with E-state index in [2.05, 4.69) is 108 Å². The Hall–Kier alpha value is -4.80. The fourth-order valence-electron chi connectivity index (χ4n) is 6.72. The molecule has 1 aliphatic rings. The van der Waals surface area contributed by atoms with Crippen molar-refractivity contribution in [3.63, 3.8) is 0 Å². The number of rotatable bonds is 2. The van der Waals surface area contributed by atoms with Crippen molar-refractivity contribution < 1.29 is 4.42 Å². The van der Waals surface area contributed by atoms with Crippen LogP contribution in [0.3, 0.4) is 0 Å². The minimum absolute atomic E-state index is 0.196. The van der Waals surface area contributed by atoms with Crippen molar-refractivity contribution in [2.45, 2.75) is 12.3 Å². The summed E-state index contributed by atoms with van der Waals surface area (Å²) >= 11 is 1.88. The van der Waals surface area contributed by atoms with E-state index in [9.17, 15) is 0 Å². The van der Waals surface area contributed by atoms with E-state index in [1.165, 1.54) is 58.5 Å². The lowest BCUT2D eigenvalue weighted by molar-refractivity contribution is 0.591. The van der Waals surface area contributed by atoms with Crippen molar-refractivity contribution in [3.8, 4) is 5.69 Å². The topological polar surface area (TPSA) is 44.1 Å². The van der Waals surface area contributed by atoms with Gasteiger partial charge in [0.2, 0.25) is 0 Å². The molecule has 40 heavy (non-hydrogen) atoms. The lowest BCUT2D eigenvalue weighted by Crippen LogP contribution is -2.09. The summed E-state index contributed by atoms with van der Waals surface area (Å²) in [5.41, 5.74) is 14.4. The van der Waals surface area contributed by atoms with Crippen LogP contribution in [0.25, 0.3) is 64.7 Å². The Morgan fingerprint density at radius 3 is 2.45 bits per heavy atom. The van der Waals surface area contributed by atoms with Gasteiger partial charge in [-0.25, -0.2) is 0 Å². The standard InChI is InChI=1S/C36H24N2OS/c37-22-14-15-23(21-13-18-33-29(19-21)25-8-2-5-11-32(25)39-33)31(20-22)38-30-10-4-1-7-24(30)27-16-17-28-26-9-3-6-12-34(26)40-36(28)35(27)38/h1-18,20-21H,19,37H2. The van der Waals surface area contributed by atoms with Crippen molar-refractivity contribution in [3.05, 3.63) is 126 Å². The number of hydrogen-bond acceptors (Lipinski definition) is 3. The Morgan fingerprint density at radius 2 is 1.52 bits per heavy atom. The minimum atomic E-state index is 0.196. The van der Waals surface area contributed by atoms with Crippen LogP contribution in [0.15, 0.2) is 114 Å². The molecule has 1 atom stereocenters. The van der Waals surface area contributed by atoms with Crippen LogP contribution in [0, 0.1) is 0 Å². The number of para-hydroxylation sites is 2. The van der Waals surface area contributed by atoms with E-state index in [4.69, 9.17) is 10.2 Å². The highest BCUT2D eigenvalue weighted by Crippen LogP contribution is 2.45. The molecular formula is C36H24N2OS. The molecule has 1 unspecified atom stereocenters. The third kappa shape index (κ3) is 3.00. The van der Waals surface area contributed by atoms with Gasteiger partial charge < -0.3 is 14.7 Å². The molecule has 3 aromatic heterocycles. The van der Waals surface area contributed by atoms with Crippen LogP contribution in [0.2, 0.25) is 0 Å². The second kappa shape index (κ2) is 8.10. The largest absolute Gasteiger partial charge is 0.456 e. The maximum atomic E-state index is 6.52. The first-order chi connectivity index (χ1) is 19.7. The van der Waals surface area contributed by atoms with Gasteiger partial charge in [0.1, 0.15) is 11.3 Å². The van der Waals surface area contributed by atoms with Gasteiger partial charge in [-0.3, -0.25) is 0 Å². The Kier molecular flexibility index (Phi) is 4.47. The van der Waals surface area contributed by atoms with E-state index >= 15 is 0 Å². The Labute approximate surface area is 234 Å². The number of nitrogen functional groups attached to an aromatic ring is 1. The average molecular weight is 533 g/mol. The smallest absolute Gasteiger partial charge is 0.135 e. The summed E-state index contributed by atoms with van der Waals surface area (Å²) in [6.45, 7) is 0. The molecule has 9 rings (SSSR count). The van der Waals surface area contributed by atoms with Crippen LogP contribution in [0.4, 0.5) is 5.69 Å². The van der Waals surface area contributed by atoms with E-state index in [1.54, 1.807) is 0 Å². The van der Waals surface area contributed by atoms with E-state index in [1.807, 2.05) is 23.5 Å². The predicted molar refractivity (Wildman–Crippen MR) is 170 cm³/mol. The molecule has 8 aromatic rings. The van der Waals surface area contributed by atoms with Crippen LogP contribution in [-0.4, -0.2) is 4.57 Å². The van der Waals surface area contributed by atoms with Gasteiger partial charge in [0.25, 0.3) is 0 Å². The third-order valence-corrected chi connectivity index (χ3v) is 9.70. The molecule has 2 N–H and O–H groups in total. The highest BCUT2D eigenvalue weighted by atomic mass is 32.1. The van der Waals surface area contributed by atoms with Gasteiger partial charge in [-0.2, -0.15) is 0 Å². The van der Waals surface area contributed by atoms with Crippen LogP contribution in [-0.2, 0) is 6.42 Å². The van der Waals surface area contributed by atoms with Gasteiger partial charge in [0.15, 0.2) is 0 Å². The van der Waals surface area contributed by atoms with Crippen LogP contribution in [0.1, 0.15) is 22.8 Å². The molecule has 3 nitrogen and oxygen atoms in total. The van der Waals surface area contributed by atoms with Crippen molar-refractivity contribution >= 4 is 76.0 Å². The summed E-state index contributed by atoms with van der Waals surface area (Å²) < 4.78 is 11.3. The summed E-state index contributed by atoms with van der Waals surface area (Å²) in [7, 11) is 0. The molecular weight excluding hydrogens is 508 g/mol. The molecule has 0 saturated heterocycles. The quantitative estimate of drug-likeness (QED) is 0.225. The normalized spacial score (nSPS) is 15.2. The number of benzene rings is 5. The Morgan fingerprint density at radius 1 is 0.750 bits per heavy atom. The number of thiophene rings is 1. The zero-order valence-corrected chi connectivity index (χ0v) is 22.4. The molecule has 4 heteroatoms. The maximum absolute atomic E-state index is 6.52. The summed E-state index contributed by atoms with van der Waals surface area (Å²) in [6.07, 6.45) is 5.33.